The molecule has 20 heavy (non-hydrogen) atoms. The van der Waals surface area contributed by atoms with E-state index in [2.05, 4.69) is 20.7 Å². The fourth-order valence-electron chi connectivity index (χ4n) is 1.45. The lowest BCUT2D eigenvalue weighted by atomic mass is 10.2. The predicted molar refractivity (Wildman–Crippen MR) is 75.8 cm³/mol. The monoisotopic (exact) mass is 293 g/mol. The Morgan fingerprint density at radius 3 is 2.70 bits per heavy atom. The van der Waals surface area contributed by atoms with Crippen molar-refractivity contribution >= 4 is 29.0 Å². The van der Waals surface area contributed by atoms with Crippen molar-refractivity contribution in [3.8, 4) is 5.88 Å². The van der Waals surface area contributed by atoms with Crippen molar-refractivity contribution < 1.29 is 9.53 Å². The summed E-state index contributed by atoms with van der Waals surface area (Å²) in [7, 11) is 1.52. The van der Waals surface area contributed by atoms with E-state index in [-0.39, 0.29) is 10.9 Å². The summed E-state index contributed by atoms with van der Waals surface area (Å²) in [6, 6.07) is 4.78. The number of carbonyl (C=O) groups is 1. The van der Waals surface area contributed by atoms with Crippen LogP contribution in [0.2, 0.25) is 5.02 Å². The van der Waals surface area contributed by atoms with Crippen molar-refractivity contribution in [2.75, 3.05) is 17.9 Å². The molecule has 2 heterocycles. The van der Waals surface area contributed by atoms with Gasteiger partial charge in [0.05, 0.1) is 29.6 Å². The molecule has 0 fully saturated rings. The molecule has 8 heteroatoms. The van der Waals surface area contributed by atoms with Gasteiger partial charge in [0.2, 0.25) is 5.88 Å². The van der Waals surface area contributed by atoms with E-state index in [1.54, 1.807) is 12.1 Å². The van der Waals surface area contributed by atoms with Gasteiger partial charge in [0, 0.05) is 12.3 Å². The summed E-state index contributed by atoms with van der Waals surface area (Å²) in [6.45, 7) is 0. The number of nitrogens with two attached hydrogens (primary N) is 1. The summed E-state index contributed by atoms with van der Waals surface area (Å²) in [4.78, 5) is 19.9. The van der Waals surface area contributed by atoms with Crippen LogP contribution in [-0.2, 0) is 0 Å². The maximum atomic E-state index is 12.0. The van der Waals surface area contributed by atoms with Crippen molar-refractivity contribution in [3.05, 3.63) is 41.2 Å². The SMILES string of the molecule is COc1ccc(NC(=O)c2cnc(NN)c(Cl)c2)cn1. The maximum Gasteiger partial charge on any atom is 0.257 e. The molecular weight excluding hydrogens is 282 g/mol. The van der Waals surface area contributed by atoms with E-state index in [1.165, 1.54) is 25.6 Å². The summed E-state index contributed by atoms with van der Waals surface area (Å²) < 4.78 is 4.93. The average molecular weight is 294 g/mol. The van der Waals surface area contributed by atoms with Crippen molar-refractivity contribution in [1.82, 2.24) is 9.97 Å². The molecule has 4 N–H and O–H groups in total. The standard InChI is InChI=1S/C12H12ClN5O2/c1-20-10-3-2-8(6-15-10)17-12(19)7-4-9(13)11(18-14)16-5-7/h2-6H,14H2,1H3,(H,16,18)(H,17,19). The number of hydrogen-bond acceptors (Lipinski definition) is 6. The maximum absolute atomic E-state index is 12.0. The number of ether oxygens (including phenoxy) is 1. The zero-order valence-electron chi connectivity index (χ0n) is 10.6. The Morgan fingerprint density at radius 2 is 2.15 bits per heavy atom. The highest BCUT2D eigenvalue weighted by atomic mass is 35.5. The van der Waals surface area contributed by atoms with E-state index < -0.39 is 0 Å². The molecule has 0 radical (unpaired) electrons. The minimum atomic E-state index is -0.352. The van der Waals surface area contributed by atoms with Gasteiger partial charge >= 0.3 is 0 Å². The molecule has 0 saturated heterocycles. The van der Waals surface area contributed by atoms with Gasteiger partial charge in [0.1, 0.15) is 0 Å². The average Bonchev–Trinajstić information content (AvgIpc) is 2.48. The molecule has 0 aromatic carbocycles. The van der Waals surface area contributed by atoms with Gasteiger partial charge in [-0.15, -0.1) is 0 Å². The Kier molecular flexibility index (Phi) is 4.34. The first kappa shape index (κ1) is 14.0. The summed E-state index contributed by atoms with van der Waals surface area (Å²) in [6.07, 6.45) is 2.86. The number of hydrazine groups is 1. The summed E-state index contributed by atoms with van der Waals surface area (Å²) in [5, 5.41) is 2.92. The highest BCUT2D eigenvalue weighted by Gasteiger charge is 2.10. The number of nitrogens with zero attached hydrogens (tertiary/aromatic N) is 2. The van der Waals surface area contributed by atoms with E-state index in [4.69, 9.17) is 22.2 Å². The number of nitrogens with one attached hydrogen (secondary N) is 2. The van der Waals surface area contributed by atoms with Crippen LogP contribution in [0.3, 0.4) is 0 Å². The van der Waals surface area contributed by atoms with Crippen LogP contribution in [0.15, 0.2) is 30.6 Å². The van der Waals surface area contributed by atoms with Crippen LogP contribution in [0.1, 0.15) is 10.4 Å². The molecule has 0 aliphatic carbocycles. The number of aromatic nitrogens is 2. The molecule has 2 aromatic rings. The van der Waals surface area contributed by atoms with Gasteiger partial charge in [-0.2, -0.15) is 0 Å². The number of hydrogen-bond donors (Lipinski definition) is 3. The lowest BCUT2D eigenvalue weighted by molar-refractivity contribution is 0.102. The fourth-order valence-corrected chi connectivity index (χ4v) is 1.67. The van der Waals surface area contributed by atoms with E-state index in [1.807, 2.05) is 0 Å². The molecular formula is C12H12ClN5O2. The van der Waals surface area contributed by atoms with Crippen LogP contribution in [0.5, 0.6) is 5.88 Å². The topological polar surface area (TPSA) is 102 Å². The third kappa shape index (κ3) is 3.14. The summed E-state index contributed by atoms with van der Waals surface area (Å²) in [5.41, 5.74) is 3.17. The van der Waals surface area contributed by atoms with Crippen LogP contribution in [0.25, 0.3) is 0 Å². The molecule has 7 nitrogen and oxygen atoms in total. The second-order valence-electron chi connectivity index (χ2n) is 3.74. The van der Waals surface area contributed by atoms with Crippen LogP contribution < -0.4 is 21.3 Å². The first-order valence-corrected chi connectivity index (χ1v) is 5.95. The zero-order valence-corrected chi connectivity index (χ0v) is 11.3. The van der Waals surface area contributed by atoms with Crippen molar-refractivity contribution in [2.45, 2.75) is 0 Å². The van der Waals surface area contributed by atoms with E-state index in [9.17, 15) is 4.79 Å². The first-order chi connectivity index (χ1) is 9.63. The minimum Gasteiger partial charge on any atom is -0.481 e. The third-order valence-corrected chi connectivity index (χ3v) is 2.73. The number of carbonyl (C=O) groups excluding carboxylic acids is 1. The number of methoxy groups -OCH3 is 1. The molecule has 0 aliphatic heterocycles. The minimum absolute atomic E-state index is 0.257. The Balaban J connectivity index is 2.12. The zero-order chi connectivity index (χ0) is 14.5. The Labute approximate surface area is 120 Å². The third-order valence-electron chi connectivity index (χ3n) is 2.44. The lowest BCUT2D eigenvalue weighted by Crippen LogP contribution is -2.14. The molecule has 0 atom stereocenters. The summed E-state index contributed by atoms with van der Waals surface area (Å²) >= 11 is 5.90. The number of pyridine rings is 2. The Bertz CT molecular complexity index is 618. The van der Waals surface area contributed by atoms with Crippen LogP contribution in [-0.4, -0.2) is 23.0 Å². The number of rotatable bonds is 4. The highest BCUT2D eigenvalue weighted by Crippen LogP contribution is 2.20. The number of amides is 1. The summed E-state index contributed by atoms with van der Waals surface area (Å²) in [5.74, 6) is 5.62. The van der Waals surface area contributed by atoms with Gasteiger partial charge < -0.3 is 15.5 Å². The molecule has 0 bridgehead atoms. The number of halogens is 1. The van der Waals surface area contributed by atoms with E-state index in [0.29, 0.717) is 22.9 Å². The molecule has 0 spiro atoms. The molecule has 0 saturated carbocycles. The molecule has 1 amide bonds. The fraction of sp³-hybridized carbons (Fsp3) is 0.0833. The number of anilines is 2. The van der Waals surface area contributed by atoms with Crippen LogP contribution in [0.4, 0.5) is 11.5 Å². The van der Waals surface area contributed by atoms with Gasteiger partial charge in [-0.1, -0.05) is 11.6 Å². The second kappa shape index (κ2) is 6.18. The molecule has 2 aromatic heterocycles. The van der Waals surface area contributed by atoms with Gasteiger partial charge in [-0.3, -0.25) is 4.79 Å². The van der Waals surface area contributed by atoms with Crippen molar-refractivity contribution in [1.29, 1.82) is 0 Å². The number of nitrogen functional groups attached to an aromatic ring is 1. The first-order valence-electron chi connectivity index (χ1n) is 5.57. The Morgan fingerprint density at radius 1 is 1.35 bits per heavy atom. The normalized spacial score (nSPS) is 9.95. The van der Waals surface area contributed by atoms with Gasteiger partial charge in [-0.25, -0.2) is 15.8 Å². The van der Waals surface area contributed by atoms with E-state index >= 15 is 0 Å². The quantitative estimate of drug-likeness (QED) is 0.585. The smallest absolute Gasteiger partial charge is 0.257 e. The van der Waals surface area contributed by atoms with Crippen molar-refractivity contribution in [2.24, 2.45) is 5.84 Å². The van der Waals surface area contributed by atoms with Gasteiger partial charge in [-0.05, 0) is 12.1 Å². The van der Waals surface area contributed by atoms with Crippen molar-refractivity contribution in [3.63, 3.8) is 0 Å². The second-order valence-corrected chi connectivity index (χ2v) is 4.15. The highest BCUT2D eigenvalue weighted by molar-refractivity contribution is 6.33. The molecule has 104 valence electrons. The van der Waals surface area contributed by atoms with Crippen LogP contribution in [0, 0.1) is 0 Å². The van der Waals surface area contributed by atoms with Gasteiger partial charge in [0.15, 0.2) is 5.82 Å². The predicted octanol–water partition coefficient (Wildman–Crippen LogP) is 1.68. The molecule has 0 aliphatic rings. The largest absolute Gasteiger partial charge is 0.481 e. The van der Waals surface area contributed by atoms with E-state index in [0.717, 1.165) is 0 Å². The molecule has 0 unspecified atom stereocenters. The van der Waals surface area contributed by atoms with Gasteiger partial charge in [0.25, 0.3) is 5.91 Å². The van der Waals surface area contributed by atoms with Crippen LogP contribution >= 0.6 is 11.6 Å². The Hall–Kier alpha value is -2.38. The lowest BCUT2D eigenvalue weighted by Gasteiger charge is -2.07. The molecule has 2 rings (SSSR count).